The summed E-state index contributed by atoms with van der Waals surface area (Å²) in [6.45, 7) is 2.06. The van der Waals surface area contributed by atoms with Crippen LogP contribution in [-0.4, -0.2) is 23.0 Å². The van der Waals surface area contributed by atoms with E-state index >= 15 is 0 Å². The fourth-order valence-corrected chi connectivity index (χ4v) is 4.06. The molecule has 0 aromatic rings. The van der Waals surface area contributed by atoms with Gasteiger partial charge < -0.3 is 10.4 Å². The maximum absolute atomic E-state index is 12.3. The third-order valence-corrected chi connectivity index (χ3v) is 5.51. The van der Waals surface area contributed by atoms with Crippen molar-refractivity contribution in [3.63, 3.8) is 0 Å². The van der Waals surface area contributed by atoms with Crippen LogP contribution in [0.4, 0.5) is 0 Å². The number of nitrogens with one attached hydrogen (secondary N) is 1. The van der Waals surface area contributed by atoms with Crippen molar-refractivity contribution in [1.82, 2.24) is 5.32 Å². The van der Waals surface area contributed by atoms with Gasteiger partial charge in [-0.2, -0.15) is 0 Å². The third kappa shape index (κ3) is 4.21. The number of carboxylic acid groups (broad SMARTS) is 1. The van der Waals surface area contributed by atoms with Gasteiger partial charge in [-0.1, -0.05) is 38.5 Å². The third-order valence-electron chi connectivity index (χ3n) is 5.51. The molecule has 0 unspecified atom stereocenters. The van der Waals surface area contributed by atoms with E-state index in [1.165, 1.54) is 25.7 Å². The zero-order valence-corrected chi connectivity index (χ0v) is 13.2. The van der Waals surface area contributed by atoms with Crippen molar-refractivity contribution >= 4 is 11.9 Å². The van der Waals surface area contributed by atoms with Crippen LogP contribution >= 0.6 is 0 Å². The van der Waals surface area contributed by atoms with Gasteiger partial charge in [-0.25, -0.2) is 0 Å². The first kappa shape index (κ1) is 16.3. The van der Waals surface area contributed by atoms with Crippen LogP contribution in [0.2, 0.25) is 0 Å². The molecule has 0 aliphatic heterocycles. The van der Waals surface area contributed by atoms with Crippen molar-refractivity contribution in [2.75, 3.05) is 0 Å². The minimum Gasteiger partial charge on any atom is -0.481 e. The number of carbonyl (C=O) groups is 2. The largest absolute Gasteiger partial charge is 0.481 e. The van der Waals surface area contributed by atoms with Gasteiger partial charge in [-0.15, -0.1) is 0 Å². The lowest BCUT2D eigenvalue weighted by Gasteiger charge is -2.29. The standard InChI is InChI=1S/C17H29NO3/c1-13(14-8-4-5-9-14)18-15(19)12-17(16(20)21)10-6-2-3-7-11-17/h13-14H,2-12H2,1H3,(H,18,19)(H,20,21)/t13-/m0/s1. The molecule has 0 aromatic carbocycles. The average Bonchev–Trinajstić information content (AvgIpc) is 2.86. The minimum atomic E-state index is -0.823. The smallest absolute Gasteiger partial charge is 0.310 e. The van der Waals surface area contributed by atoms with Crippen molar-refractivity contribution in [3.05, 3.63) is 0 Å². The zero-order chi connectivity index (χ0) is 15.3. The summed E-state index contributed by atoms with van der Waals surface area (Å²) in [5, 5.41) is 12.7. The first-order valence-corrected chi connectivity index (χ1v) is 8.56. The minimum absolute atomic E-state index is 0.0706. The molecule has 2 rings (SSSR count). The summed E-state index contributed by atoms with van der Waals surface area (Å²) in [5.74, 6) is -0.282. The Morgan fingerprint density at radius 1 is 1.10 bits per heavy atom. The Hall–Kier alpha value is -1.06. The lowest BCUT2D eigenvalue weighted by atomic mass is 9.77. The summed E-state index contributed by atoms with van der Waals surface area (Å²) < 4.78 is 0. The highest BCUT2D eigenvalue weighted by molar-refractivity contribution is 5.85. The number of hydrogen-bond donors (Lipinski definition) is 2. The fourth-order valence-electron chi connectivity index (χ4n) is 4.06. The molecule has 1 amide bonds. The maximum atomic E-state index is 12.3. The van der Waals surface area contributed by atoms with Gasteiger partial charge in [0, 0.05) is 12.5 Å². The predicted molar refractivity (Wildman–Crippen MR) is 82.0 cm³/mol. The lowest BCUT2D eigenvalue weighted by Crippen LogP contribution is -2.42. The second kappa shape index (κ2) is 7.28. The number of aliphatic carboxylic acids is 1. The summed E-state index contributed by atoms with van der Waals surface area (Å²) in [7, 11) is 0. The molecule has 0 bridgehead atoms. The van der Waals surface area contributed by atoms with E-state index in [0.29, 0.717) is 18.8 Å². The first-order valence-electron chi connectivity index (χ1n) is 8.56. The number of amides is 1. The van der Waals surface area contributed by atoms with Gasteiger partial charge in [0.25, 0.3) is 0 Å². The van der Waals surface area contributed by atoms with E-state index in [9.17, 15) is 14.7 Å². The van der Waals surface area contributed by atoms with E-state index in [2.05, 4.69) is 12.2 Å². The fraction of sp³-hybridized carbons (Fsp3) is 0.882. The molecule has 2 fully saturated rings. The highest BCUT2D eigenvalue weighted by Crippen LogP contribution is 2.38. The molecule has 0 saturated heterocycles. The van der Waals surface area contributed by atoms with Gasteiger partial charge in [0.05, 0.1) is 5.41 Å². The summed E-state index contributed by atoms with van der Waals surface area (Å²) in [4.78, 5) is 24.1. The molecule has 0 radical (unpaired) electrons. The van der Waals surface area contributed by atoms with Gasteiger partial charge >= 0.3 is 5.97 Å². The molecule has 4 heteroatoms. The van der Waals surface area contributed by atoms with Crippen LogP contribution < -0.4 is 5.32 Å². The van der Waals surface area contributed by atoms with Crippen LogP contribution in [0.5, 0.6) is 0 Å². The average molecular weight is 295 g/mol. The normalized spacial score (nSPS) is 24.2. The Morgan fingerprint density at radius 3 is 2.19 bits per heavy atom. The molecule has 2 N–H and O–H groups in total. The molecule has 0 spiro atoms. The van der Waals surface area contributed by atoms with E-state index in [1.54, 1.807) is 0 Å². The Labute approximate surface area is 127 Å². The van der Waals surface area contributed by atoms with Gasteiger partial charge in [0.2, 0.25) is 5.91 Å². The number of carboxylic acids is 1. The summed E-state index contributed by atoms with van der Waals surface area (Å²) in [6.07, 6.45) is 10.4. The molecule has 2 saturated carbocycles. The van der Waals surface area contributed by atoms with Crippen molar-refractivity contribution in [1.29, 1.82) is 0 Å². The SMILES string of the molecule is C[C@H](NC(=O)CC1(C(=O)O)CCCCCC1)C1CCCC1. The van der Waals surface area contributed by atoms with E-state index in [-0.39, 0.29) is 18.4 Å². The Kier molecular flexibility index (Phi) is 5.65. The molecule has 2 aliphatic rings. The molecular formula is C17H29NO3. The summed E-state index contributed by atoms with van der Waals surface area (Å²) >= 11 is 0. The molecular weight excluding hydrogens is 266 g/mol. The lowest BCUT2D eigenvalue weighted by molar-refractivity contribution is -0.153. The Morgan fingerprint density at radius 2 is 1.67 bits per heavy atom. The summed E-state index contributed by atoms with van der Waals surface area (Å²) in [5.41, 5.74) is -0.823. The zero-order valence-electron chi connectivity index (χ0n) is 13.2. The van der Waals surface area contributed by atoms with E-state index in [1.807, 2.05) is 0 Å². The molecule has 2 aliphatic carbocycles. The van der Waals surface area contributed by atoms with Crippen LogP contribution in [-0.2, 0) is 9.59 Å². The van der Waals surface area contributed by atoms with Crippen LogP contribution in [0.25, 0.3) is 0 Å². The van der Waals surface area contributed by atoms with Crippen LogP contribution in [0.3, 0.4) is 0 Å². The Balaban J connectivity index is 1.92. The van der Waals surface area contributed by atoms with Gasteiger partial charge in [0.15, 0.2) is 0 Å². The van der Waals surface area contributed by atoms with Crippen molar-refractivity contribution < 1.29 is 14.7 Å². The maximum Gasteiger partial charge on any atom is 0.310 e. The molecule has 4 nitrogen and oxygen atoms in total. The topological polar surface area (TPSA) is 66.4 Å². The summed E-state index contributed by atoms with van der Waals surface area (Å²) in [6, 6.07) is 0.177. The number of hydrogen-bond acceptors (Lipinski definition) is 2. The van der Waals surface area contributed by atoms with E-state index < -0.39 is 11.4 Å². The first-order chi connectivity index (χ1) is 10.0. The van der Waals surface area contributed by atoms with E-state index in [0.717, 1.165) is 25.7 Å². The molecule has 0 heterocycles. The van der Waals surface area contributed by atoms with Crippen molar-refractivity contribution in [3.8, 4) is 0 Å². The number of carbonyl (C=O) groups excluding carboxylic acids is 1. The monoisotopic (exact) mass is 295 g/mol. The molecule has 21 heavy (non-hydrogen) atoms. The van der Waals surface area contributed by atoms with Gasteiger partial charge in [-0.3, -0.25) is 9.59 Å². The quantitative estimate of drug-likeness (QED) is 0.763. The highest BCUT2D eigenvalue weighted by atomic mass is 16.4. The second-order valence-electron chi connectivity index (χ2n) is 7.08. The molecule has 0 aromatic heterocycles. The van der Waals surface area contributed by atoms with Crippen LogP contribution in [0, 0.1) is 11.3 Å². The van der Waals surface area contributed by atoms with Crippen LogP contribution in [0.1, 0.15) is 77.6 Å². The molecule has 120 valence electrons. The predicted octanol–water partition coefficient (Wildman–Crippen LogP) is 3.50. The number of rotatable bonds is 5. The van der Waals surface area contributed by atoms with E-state index in [4.69, 9.17) is 0 Å². The van der Waals surface area contributed by atoms with Crippen molar-refractivity contribution in [2.24, 2.45) is 11.3 Å². The van der Waals surface area contributed by atoms with Crippen LogP contribution in [0.15, 0.2) is 0 Å². The Bertz CT molecular complexity index is 366. The highest BCUT2D eigenvalue weighted by Gasteiger charge is 2.40. The molecule has 1 atom stereocenters. The second-order valence-corrected chi connectivity index (χ2v) is 7.08. The van der Waals surface area contributed by atoms with Gasteiger partial charge in [-0.05, 0) is 38.5 Å². The van der Waals surface area contributed by atoms with Crippen molar-refractivity contribution in [2.45, 2.75) is 83.6 Å². The van der Waals surface area contributed by atoms with Gasteiger partial charge in [0.1, 0.15) is 0 Å².